The summed E-state index contributed by atoms with van der Waals surface area (Å²) in [4.78, 5) is 22.3. The predicted octanol–water partition coefficient (Wildman–Crippen LogP) is 4.14. The van der Waals surface area contributed by atoms with Gasteiger partial charge < -0.3 is 0 Å². The first-order valence-corrected chi connectivity index (χ1v) is 12.1. The van der Waals surface area contributed by atoms with Crippen LogP contribution in [0.3, 0.4) is 0 Å². The Hall–Kier alpha value is -1.33. The SMILES string of the molecule is Cc1nc(C)c(-c2csc(CC(=O)[C@H]3CC[C@H](S(=O)(=O)CC(F)(F)F)C3)n2)s1. The minimum absolute atomic E-state index is 0.0391. The lowest BCUT2D eigenvalue weighted by molar-refractivity contribution is -0.122. The van der Waals surface area contributed by atoms with Gasteiger partial charge in [0.05, 0.1) is 32.9 Å². The third-order valence-electron chi connectivity index (χ3n) is 4.73. The Bertz CT molecular complexity index is 979. The molecule has 2 aromatic rings. The Balaban J connectivity index is 1.63. The first-order chi connectivity index (χ1) is 12.9. The molecule has 0 radical (unpaired) electrons. The van der Waals surface area contributed by atoms with Crippen LogP contribution in [-0.2, 0) is 21.1 Å². The molecule has 0 saturated heterocycles. The second-order valence-corrected chi connectivity index (χ2v) is 11.4. The fraction of sp³-hybridized carbons (Fsp3) is 0.588. The van der Waals surface area contributed by atoms with Crippen molar-refractivity contribution < 1.29 is 26.4 Å². The number of carbonyl (C=O) groups is 1. The van der Waals surface area contributed by atoms with Gasteiger partial charge in [-0.05, 0) is 33.1 Å². The molecule has 0 amide bonds. The van der Waals surface area contributed by atoms with Crippen molar-refractivity contribution in [2.75, 3.05) is 5.75 Å². The molecule has 0 bridgehead atoms. The van der Waals surface area contributed by atoms with E-state index in [1.54, 1.807) is 0 Å². The first kappa shape index (κ1) is 21.4. The summed E-state index contributed by atoms with van der Waals surface area (Å²) in [5, 5.41) is 2.30. The minimum atomic E-state index is -4.76. The van der Waals surface area contributed by atoms with Gasteiger partial charge in [0.2, 0.25) is 0 Å². The highest BCUT2D eigenvalue weighted by Crippen LogP contribution is 2.35. The summed E-state index contributed by atoms with van der Waals surface area (Å²) in [6, 6.07) is 0. The van der Waals surface area contributed by atoms with Crippen LogP contribution in [0, 0.1) is 19.8 Å². The van der Waals surface area contributed by atoms with Crippen LogP contribution < -0.4 is 0 Å². The van der Waals surface area contributed by atoms with E-state index in [2.05, 4.69) is 9.97 Å². The summed E-state index contributed by atoms with van der Waals surface area (Å²) in [6.07, 6.45) is -4.34. The molecule has 1 aliphatic rings. The van der Waals surface area contributed by atoms with E-state index >= 15 is 0 Å². The van der Waals surface area contributed by atoms with Crippen LogP contribution in [0.1, 0.15) is 35.0 Å². The number of hydrogen-bond donors (Lipinski definition) is 0. The van der Waals surface area contributed by atoms with E-state index in [0.717, 1.165) is 21.3 Å². The summed E-state index contributed by atoms with van der Waals surface area (Å²) in [7, 11) is -4.29. The molecule has 2 aromatic heterocycles. The van der Waals surface area contributed by atoms with Gasteiger partial charge in [0.15, 0.2) is 9.84 Å². The number of rotatable bonds is 6. The fourth-order valence-corrected chi connectivity index (χ4v) is 6.93. The van der Waals surface area contributed by atoms with Crippen molar-refractivity contribution in [3.05, 3.63) is 21.1 Å². The van der Waals surface area contributed by atoms with Crippen LogP contribution in [0.25, 0.3) is 10.6 Å². The number of carbonyl (C=O) groups excluding carboxylic acids is 1. The number of aromatic nitrogens is 2. The molecule has 3 rings (SSSR count). The first-order valence-electron chi connectivity index (χ1n) is 8.64. The number of nitrogens with zero attached hydrogens (tertiary/aromatic N) is 2. The van der Waals surface area contributed by atoms with Crippen LogP contribution >= 0.6 is 22.7 Å². The maximum Gasteiger partial charge on any atom is 0.402 e. The number of sulfone groups is 1. The topological polar surface area (TPSA) is 77.0 Å². The highest BCUT2D eigenvalue weighted by molar-refractivity contribution is 7.92. The molecule has 1 fully saturated rings. The molecule has 5 nitrogen and oxygen atoms in total. The highest BCUT2D eigenvalue weighted by Gasteiger charge is 2.43. The summed E-state index contributed by atoms with van der Waals surface area (Å²) in [6.45, 7) is 3.80. The second kappa shape index (κ2) is 7.83. The largest absolute Gasteiger partial charge is 0.402 e. The molecule has 0 aromatic carbocycles. The maximum atomic E-state index is 12.5. The van der Waals surface area contributed by atoms with Gasteiger partial charge in [-0.15, -0.1) is 22.7 Å². The van der Waals surface area contributed by atoms with Gasteiger partial charge >= 0.3 is 6.18 Å². The summed E-state index contributed by atoms with van der Waals surface area (Å²) < 4.78 is 61.2. The van der Waals surface area contributed by atoms with E-state index in [1.165, 1.54) is 22.7 Å². The number of alkyl halides is 3. The standard InChI is InChI=1S/C17H19F3N2O3S3/c1-9-16(27-10(2)21-9)13-7-26-15(22-13)6-14(23)11-3-4-12(5-11)28(24,25)8-17(18,19)20/h7,11-12H,3-6,8H2,1-2H3/t11-,12-/m0/s1. The molecule has 1 aliphatic carbocycles. The van der Waals surface area contributed by atoms with Crippen molar-refractivity contribution in [1.29, 1.82) is 0 Å². The molecule has 2 heterocycles. The Morgan fingerprint density at radius 3 is 2.57 bits per heavy atom. The lowest BCUT2D eigenvalue weighted by atomic mass is 10.0. The number of hydrogen-bond acceptors (Lipinski definition) is 7. The third kappa shape index (κ3) is 4.98. The number of Topliss-reactive ketones (excluding diaryl/α,β-unsaturated/α-hetero) is 1. The zero-order valence-electron chi connectivity index (χ0n) is 15.2. The molecular formula is C17H19F3N2O3S3. The average Bonchev–Trinajstić information content (AvgIpc) is 3.24. The number of thiazole rings is 2. The quantitative estimate of drug-likeness (QED) is 0.658. The van der Waals surface area contributed by atoms with E-state index in [0.29, 0.717) is 11.4 Å². The molecule has 2 atom stereocenters. The number of halogens is 3. The average molecular weight is 453 g/mol. The van der Waals surface area contributed by atoms with Crippen LogP contribution in [0.15, 0.2) is 5.38 Å². The van der Waals surface area contributed by atoms with Crippen molar-refractivity contribution in [2.24, 2.45) is 5.92 Å². The molecule has 0 spiro atoms. The van der Waals surface area contributed by atoms with E-state index in [1.807, 2.05) is 19.2 Å². The zero-order chi connectivity index (χ0) is 20.7. The Labute approximate surface area is 169 Å². The number of aryl methyl sites for hydroxylation is 2. The molecule has 0 N–H and O–H groups in total. The summed E-state index contributed by atoms with van der Waals surface area (Å²) in [5.74, 6) is -2.52. The van der Waals surface area contributed by atoms with Crippen molar-refractivity contribution in [3.8, 4) is 10.6 Å². The van der Waals surface area contributed by atoms with Crippen molar-refractivity contribution in [3.63, 3.8) is 0 Å². The van der Waals surface area contributed by atoms with Gasteiger partial charge in [0, 0.05) is 11.3 Å². The Kier molecular flexibility index (Phi) is 5.98. The van der Waals surface area contributed by atoms with E-state index in [4.69, 9.17) is 0 Å². The summed E-state index contributed by atoms with van der Waals surface area (Å²) >= 11 is 2.87. The van der Waals surface area contributed by atoms with Gasteiger partial charge in [0.1, 0.15) is 16.5 Å². The second-order valence-electron chi connectivity index (χ2n) is 6.97. The lowest BCUT2D eigenvalue weighted by Crippen LogP contribution is -2.30. The smallest absolute Gasteiger partial charge is 0.299 e. The predicted molar refractivity (Wildman–Crippen MR) is 102 cm³/mol. The van der Waals surface area contributed by atoms with Crippen molar-refractivity contribution in [1.82, 2.24) is 9.97 Å². The normalized spacial score (nSPS) is 20.6. The lowest BCUT2D eigenvalue weighted by Gasteiger charge is -2.13. The Morgan fingerprint density at radius 1 is 1.25 bits per heavy atom. The van der Waals surface area contributed by atoms with Crippen LogP contribution in [0.4, 0.5) is 13.2 Å². The minimum Gasteiger partial charge on any atom is -0.299 e. The molecule has 0 unspecified atom stereocenters. The summed E-state index contributed by atoms with van der Waals surface area (Å²) in [5.41, 5.74) is 1.63. The third-order valence-corrected chi connectivity index (χ3v) is 8.84. The van der Waals surface area contributed by atoms with Crippen molar-refractivity contribution in [2.45, 2.75) is 51.0 Å². The fourth-order valence-electron chi connectivity index (χ4n) is 3.46. The molecule has 1 saturated carbocycles. The van der Waals surface area contributed by atoms with Crippen molar-refractivity contribution >= 4 is 38.3 Å². The van der Waals surface area contributed by atoms with Crippen LogP contribution in [-0.4, -0.2) is 41.3 Å². The zero-order valence-corrected chi connectivity index (χ0v) is 17.7. The molecule has 154 valence electrons. The maximum absolute atomic E-state index is 12.5. The number of ketones is 1. The monoisotopic (exact) mass is 452 g/mol. The molecule has 0 aliphatic heterocycles. The van der Waals surface area contributed by atoms with Gasteiger partial charge in [-0.25, -0.2) is 18.4 Å². The molecule has 28 heavy (non-hydrogen) atoms. The van der Waals surface area contributed by atoms with Gasteiger partial charge in [0.25, 0.3) is 0 Å². The Morgan fingerprint density at radius 2 is 1.96 bits per heavy atom. The van der Waals surface area contributed by atoms with Gasteiger partial charge in [-0.1, -0.05) is 0 Å². The molecule has 11 heteroatoms. The van der Waals surface area contributed by atoms with E-state index < -0.39 is 32.9 Å². The molecular weight excluding hydrogens is 433 g/mol. The van der Waals surface area contributed by atoms with Crippen LogP contribution in [0.5, 0.6) is 0 Å². The van der Waals surface area contributed by atoms with Gasteiger partial charge in [-0.2, -0.15) is 13.2 Å². The van der Waals surface area contributed by atoms with E-state index in [-0.39, 0.29) is 25.0 Å². The van der Waals surface area contributed by atoms with Crippen LogP contribution in [0.2, 0.25) is 0 Å². The van der Waals surface area contributed by atoms with E-state index in [9.17, 15) is 26.4 Å². The van der Waals surface area contributed by atoms with Gasteiger partial charge in [-0.3, -0.25) is 4.79 Å². The highest BCUT2D eigenvalue weighted by atomic mass is 32.2.